The highest BCUT2D eigenvalue weighted by molar-refractivity contribution is 5.90. The summed E-state index contributed by atoms with van der Waals surface area (Å²) in [5.41, 5.74) is 1.80. The van der Waals surface area contributed by atoms with Gasteiger partial charge in [-0.05, 0) is 41.5 Å². The topological polar surface area (TPSA) is 82.2 Å². The Bertz CT molecular complexity index is 1320. The molecular formula is C30H33F5N4O4. The number of piperazine rings is 1. The van der Waals surface area contributed by atoms with Gasteiger partial charge in [-0.25, -0.2) is 13.6 Å². The van der Waals surface area contributed by atoms with Crippen molar-refractivity contribution in [1.29, 1.82) is 0 Å². The number of carbonyl (C=O) groups excluding carboxylic acids is 3. The molecule has 13 heteroatoms. The number of hydrogen-bond acceptors (Lipinski definition) is 5. The largest absolute Gasteiger partial charge is 0.439 e. The molecule has 0 bridgehead atoms. The van der Waals surface area contributed by atoms with E-state index in [2.05, 4.69) is 5.32 Å². The van der Waals surface area contributed by atoms with Crippen LogP contribution in [0.25, 0.3) is 0 Å². The second-order valence-corrected chi connectivity index (χ2v) is 11.2. The van der Waals surface area contributed by atoms with Crippen LogP contribution in [0, 0.1) is 5.82 Å². The molecule has 3 aliphatic rings. The van der Waals surface area contributed by atoms with Gasteiger partial charge in [-0.15, -0.1) is 0 Å². The summed E-state index contributed by atoms with van der Waals surface area (Å²) < 4.78 is 72.4. The summed E-state index contributed by atoms with van der Waals surface area (Å²) in [5.74, 6) is -1.58. The van der Waals surface area contributed by atoms with Crippen molar-refractivity contribution in [3.63, 3.8) is 0 Å². The van der Waals surface area contributed by atoms with Crippen LogP contribution >= 0.6 is 0 Å². The van der Waals surface area contributed by atoms with Gasteiger partial charge in [0, 0.05) is 32.6 Å². The monoisotopic (exact) mass is 608 g/mol. The minimum absolute atomic E-state index is 0.00372. The van der Waals surface area contributed by atoms with Crippen LogP contribution in [0.1, 0.15) is 47.9 Å². The number of hydrogen-bond donors (Lipinski definition) is 1. The molecule has 1 N–H and O–H groups in total. The van der Waals surface area contributed by atoms with Gasteiger partial charge < -0.3 is 19.9 Å². The fourth-order valence-electron chi connectivity index (χ4n) is 5.64. The van der Waals surface area contributed by atoms with Gasteiger partial charge in [-0.3, -0.25) is 14.5 Å². The lowest BCUT2D eigenvalue weighted by molar-refractivity contribution is -0.149. The average molecular weight is 609 g/mol. The van der Waals surface area contributed by atoms with E-state index < -0.39 is 55.5 Å². The molecule has 3 unspecified atom stereocenters. The first-order chi connectivity index (χ1) is 20.5. The van der Waals surface area contributed by atoms with Gasteiger partial charge in [0.25, 0.3) is 5.91 Å². The highest BCUT2D eigenvalue weighted by Crippen LogP contribution is 2.42. The first-order valence-electron chi connectivity index (χ1n) is 14.3. The number of carbonyl (C=O) groups is 3. The normalized spacial score (nSPS) is 21.9. The number of ether oxygens (including phenoxy) is 1. The summed E-state index contributed by atoms with van der Waals surface area (Å²) in [6.45, 7) is -2.23. The fraction of sp³-hybridized carbons (Fsp3) is 0.500. The molecule has 232 valence electrons. The number of benzene rings is 2. The minimum atomic E-state index is -4.35. The molecule has 2 saturated heterocycles. The van der Waals surface area contributed by atoms with Gasteiger partial charge >= 0.3 is 12.3 Å². The Morgan fingerprint density at radius 1 is 0.977 bits per heavy atom. The van der Waals surface area contributed by atoms with Crippen LogP contribution in [-0.4, -0.2) is 96.9 Å². The Morgan fingerprint density at radius 3 is 2.30 bits per heavy atom. The minimum Gasteiger partial charge on any atom is -0.439 e. The lowest BCUT2D eigenvalue weighted by Gasteiger charge is -2.34. The van der Waals surface area contributed by atoms with Gasteiger partial charge in [0.15, 0.2) is 6.61 Å². The van der Waals surface area contributed by atoms with Crippen LogP contribution in [0.2, 0.25) is 0 Å². The Kier molecular flexibility index (Phi) is 9.19. The average Bonchev–Trinajstić information content (AvgIpc) is 3.74. The van der Waals surface area contributed by atoms with Crippen molar-refractivity contribution in [3.8, 4) is 0 Å². The molecule has 3 amide bonds. The first kappa shape index (κ1) is 30.7. The second kappa shape index (κ2) is 12.9. The van der Waals surface area contributed by atoms with Crippen LogP contribution in [0.15, 0.2) is 48.5 Å². The molecule has 5 rings (SSSR count). The molecule has 1 saturated carbocycles. The van der Waals surface area contributed by atoms with Crippen LogP contribution in [0.3, 0.4) is 0 Å². The summed E-state index contributed by atoms with van der Waals surface area (Å²) in [6.07, 6.45) is -5.11. The van der Waals surface area contributed by atoms with Crippen molar-refractivity contribution >= 4 is 17.9 Å². The number of rotatable bonds is 8. The van der Waals surface area contributed by atoms with E-state index >= 15 is 0 Å². The smallest absolute Gasteiger partial charge is 0.410 e. The number of likely N-dealkylation sites (tertiary alicyclic amines) is 1. The zero-order valence-electron chi connectivity index (χ0n) is 23.4. The molecule has 8 nitrogen and oxygen atoms in total. The molecule has 3 atom stereocenters. The van der Waals surface area contributed by atoms with Crippen molar-refractivity contribution in [2.75, 3.05) is 45.9 Å². The number of halogens is 5. The summed E-state index contributed by atoms with van der Waals surface area (Å²) >= 11 is 0. The van der Waals surface area contributed by atoms with E-state index in [1.165, 1.54) is 15.9 Å². The van der Waals surface area contributed by atoms with Crippen molar-refractivity contribution in [1.82, 2.24) is 20.0 Å². The highest BCUT2D eigenvalue weighted by Gasteiger charge is 2.41. The Morgan fingerprint density at radius 2 is 1.67 bits per heavy atom. The van der Waals surface area contributed by atoms with E-state index in [9.17, 15) is 36.3 Å². The third-order valence-corrected chi connectivity index (χ3v) is 8.02. The van der Waals surface area contributed by atoms with E-state index in [0.29, 0.717) is 16.7 Å². The number of alkyl halides is 4. The zero-order valence-corrected chi connectivity index (χ0v) is 23.4. The van der Waals surface area contributed by atoms with Gasteiger partial charge in [0.05, 0.1) is 19.1 Å². The quantitative estimate of drug-likeness (QED) is 0.456. The standard InChI is InChI=1S/C30H33F5N4O4/c31-22-15-25(39(16-22)26(40)17-43-29(42)38-12-10-37(11-13-38)18-30(33,34)35)28(41)36-27(20-4-2-1-3-5-20)21-8-9-23(19-6-7-19)24(32)14-21/h1-5,8-9,14,19,22,25,27H,6-7,10-13,15-18H2,(H,36,41). The van der Waals surface area contributed by atoms with Gasteiger partial charge in [-0.1, -0.05) is 42.5 Å². The summed E-state index contributed by atoms with van der Waals surface area (Å²) in [6, 6.07) is 11.8. The number of nitrogens with zero attached hydrogens (tertiary/aromatic N) is 3. The second-order valence-electron chi connectivity index (χ2n) is 11.2. The Balaban J connectivity index is 1.21. The number of amides is 3. The van der Waals surface area contributed by atoms with E-state index in [4.69, 9.17) is 4.74 Å². The molecule has 2 heterocycles. The third kappa shape index (κ3) is 7.81. The first-order valence-corrected chi connectivity index (χ1v) is 14.3. The van der Waals surface area contributed by atoms with Crippen LogP contribution in [0.4, 0.5) is 26.7 Å². The zero-order chi connectivity index (χ0) is 30.7. The molecule has 2 aromatic carbocycles. The van der Waals surface area contributed by atoms with E-state index in [0.717, 1.165) is 17.7 Å². The van der Waals surface area contributed by atoms with Crippen molar-refractivity contribution in [2.24, 2.45) is 0 Å². The van der Waals surface area contributed by atoms with Crippen molar-refractivity contribution < 1.29 is 41.1 Å². The van der Waals surface area contributed by atoms with Crippen LogP contribution in [0.5, 0.6) is 0 Å². The molecule has 0 spiro atoms. The van der Waals surface area contributed by atoms with E-state index in [1.54, 1.807) is 42.5 Å². The van der Waals surface area contributed by atoms with E-state index in [1.807, 2.05) is 0 Å². The Hall–Kier alpha value is -3.74. The molecule has 0 radical (unpaired) electrons. The molecular weight excluding hydrogens is 575 g/mol. The molecule has 43 heavy (non-hydrogen) atoms. The molecule has 2 aromatic rings. The summed E-state index contributed by atoms with van der Waals surface area (Å²) in [7, 11) is 0. The molecule has 1 aliphatic carbocycles. The number of nitrogens with one attached hydrogen (secondary N) is 1. The maximum atomic E-state index is 14.9. The molecule has 0 aromatic heterocycles. The SMILES string of the molecule is O=C(NC(c1ccccc1)c1ccc(C2CC2)c(F)c1)C1CC(F)CN1C(=O)COC(=O)N1CCN(CC(F)(F)F)CC1. The molecule has 3 fully saturated rings. The predicted octanol–water partition coefficient (Wildman–Crippen LogP) is 4.16. The van der Waals surface area contributed by atoms with Crippen molar-refractivity contribution in [2.45, 2.75) is 49.6 Å². The third-order valence-electron chi connectivity index (χ3n) is 8.02. The summed E-state index contributed by atoms with van der Waals surface area (Å²) in [5, 5.41) is 2.86. The van der Waals surface area contributed by atoms with Gasteiger partial charge in [0.1, 0.15) is 18.0 Å². The van der Waals surface area contributed by atoms with Gasteiger partial charge in [-0.2, -0.15) is 13.2 Å². The van der Waals surface area contributed by atoms with Crippen LogP contribution < -0.4 is 5.32 Å². The predicted molar refractivity (Wildman–Crippen MR) is 145 cm³/mol. The van der Waals surface area contributed by atoms with Gasteiger partial charge in [0.2, 0.25) is 5.91 Å². The maximum Gasteiger partial charge on any atom is 0.410 e. The highest BCUT2D eigenvalue weighted by atomic mass is 19.4. The summed E-state index contributed by atoms with van der Waals surface area (Å²) in [4.78, 5) is 42.3. The lowest BCUT2D eigenvalue weighted by atomic mass is 9.96. The maximum absolute atomic E-state index is 14.9. The molecule has 2 aliphatic heterocycles. The van der Waals surface area contributed by atoms with E-state index in [-0.39, 0.29) is 50.9 Å². The Labute approximate surface area is 245 Å². The fourth-order valence-corrected chi connectivity index (χ4v) is 5.64. The lowest BCUT2D eigenvalue weighted by Crippen LogP contribution is -2.52. The van der Waals surface area contributed by atoms with Crippen molar-refractivity contribution in [3.05, 3.63) is 71.0 Å². The van der Waals surface area contributed by atoms with Crippen LogP contribution in [-0.2, 0) is 14.3 Å².